The first-order chi connectivity index (χ1) is 13.9. The lowest BCUT2D eigenvalue weighted by Gasteiger charge is -2.24. The Labute approximate surface area is 175 Å². The van der Waals surface area contributed by atoms with Crippen molar-refractivity contribution < 1.29 is 13.2 Å². The van der Waals surface area contributed by atoms with E-state index in [0.29, 0.717) is 18.8 Å². The number of nitrogens with one attached hydrogen (secondary N) is 2. The average molecular weight is 441 g/mol. The van der Waals surface area contributed by atoms with Crippen LogP contribution in [0.3, 0.4) is 0 Å². The molecule has 0 atom stereocenters. The number of hydrogen-bond donors (Lipinski definition) is 2. The van der Waals surface area contributed by atoms with Crippen LogP contribution in [0, 0.1) is 0 Å². The molecule has 0 bridgehead atoms. The zero-order valence-corrected chi connectivity index (χ0v) is 18.4. The fourth-order valence-electron chi connectivity index (χ4n) is 3.12. The van der Waals surface area contributed by atoms with Crippen molar-refractivity contribution in [3.8, 4) is 0 Å². The summed E-state index contributed by atoms with van der Waals surface area (Å²) in [5.41, 5.74) is 0.771. The van der Waals surface area contributed by atoms with E-state index in [2.05, 4.69) is 34.1 Å². The summed E-state index contributed by atoms with van der Waals surface area (Å²) in [6.45, 7) is 8.80. The van der Waals surface area contributed by atoms with Crippen LogP contribution < -0.4 is 5.32 Å². The summed E-state index contributed by atoms with van der Waals surface area (Å²) >= 11 is 1.74. The van der Waals surface area contributed by atoms with E-state index in [-0.39, 0.29) is 10.6 Å². The van der Waals surface area contributed by atoms with Crippen molar-refractivity contribution in [2.24, 2.45) is 0 Å². The Morgan fingerprint density at radius 2 is 2.03 bits per heavy atom. The molecule has 0 saturated carbocycles. The number of nitrogens with zero attached hydrogens (tertiary/aromatic N) is 4. The molecule has 0 spiro atoms. The fraction of sp³-hybridized carbons (Fsp3) is 0.556. The number of hydrogen-bond acceptors (Lipinski definition) is 6. The van der Waals surface area contributed by atoms with Crippen LogP contribution in [-0.2, 0) is 16.6 Å². The summed E-state index contributed by atoms with van der Waals surface area (Å²) in [5, 5.41) is 7.03. The van der Waals surface area contributed by atoms with Gasteiger partial charge in [-0.2, -0.15) is 21.2 Å². The molecule has 1 aliphatic heterocycles. The Kier molecular flexibility index (Phi) is 7.38. The van der Waals surface area contributed by atoms with E-state index in [1.165, 1.54) is 16.6 Å². The van der Waals surface area contributed by atoms with E-state index in [1.54, 1.807) is 28.8 Å². The first-order valence-corrected chi connectivity index (χ1v) is 12.4. The second kappa shape index (κ2) is 9.79. The first kappa shape index (κ1) is 21.9. The van der Waals surface area contributed by atoms with E-state index < -0.39 is 15.9 Å². The molecule has 3 rings (SSSR count). The second-order valence-corrected chi connectivity index (χ2v) is 9.90. The molecule has 160 valence electrons. The zero-order valence-electron chi connectivity index (χ0n) is 16.8. The third-order valence-corrected chi connectivity index (χ3v) is 7.76. The number of carbonyl (C=O) groups excluding carboxylic acids is 1. The van der Waals surface area contributed by atoms with Crippen LogP contribution in [0.15, 0.2) is 29.6 Å². The molecule has 1 saturated heterocycles. The van der Waals surface area contributed by atoms with E-state index in [1.807, 2.05) is 0 Å². The molecule has 11 heteroatoms. The van der Waals surface area contributed by atoms with Crippen LogP contribution in [0.1, 0.15) is 24.3 Å². The molecular weight excluding hydrogens is 412 g/mol. The number of H-pyrrole nitrogens is 1. The minimum atomic E-state index is -3.58. The van der Waals surface area contributed by atoms with E-state index in [0.717, 1.165) is 37.7 Å². The Hall–Kier alpha value is -1.82. The molecule has 29 heavy (non-hydrogen) atoms. The number of amides is 1. The van der Waals surface area contributed by atoms with Crippen LogP contribution in [0.25, 0.3) is 0 Å². The van der Waals surface area contributed by atoms with Crippen LogP contribution in [0.2, 0.25) is 0 Å². The fourth-order valence-corrected chi connectivity index (χ4v) is 5.69. The van der Waals surface area contributed by atoms with Crippen molar-refractivity contribution in [3.05, 3.63) is 30.4 Å². The van der Waals surface area contributed by atoms with Gasteiger partial charge in [0.05, 0.1) is 18.4 Å². The maximum Gasteiger partial charge on any atom is 0.272 e. The Morgan fingerprint density at radius 3 is 2.72 bits per heavy atom. The van der Waals surface area contributed by atoms with Gasteiger partial charge >= 0.3 is 0 Å². The molecule has 0 aromatic carbocycles. The van der Waals surface area contributed by atoms with Crippen LogP contribution >= 0.6 is 11.8 Å². The lowest BCUT2D eigenvalue weighted by Crippen LogP contribution is -2.37. The third-order valence-electron chi connectivity index (χ3n) is 4.94. The Morgan fingerprint density at radius 1 is 1.31 bits per heavy atom. The number of likely N-dealkylation sites (N-methyl/N-ethyl adjacent to an activating group) is 1. The van der Waals surface area contributed by atoms with Gasteiger partial charge < -0.3 is 15.2 Å². The van der Waals surface area contributed by atoms with Gasteiger partial charge in [-0.05, 0) is 19.2 Å². The van der Waals surface area contributed by atoms with Gasteiger partial charge in [0, 0.05) is 43.5 Å². The molecule has 0 aliphatic carbocycles. The third kappa shape index (κ3) is 5.41. The van der Waals surface area contributed by atoms with Crippen LogP contribution in [0.4, 0.5) is 5.69 Å². The smallest absolute Gasteiger partial charge is 0.272 e. The van der Waals surface area contributed by atoms with E-state index >= 15 is 0 Å². The normalized spacial score (nSPS) is 15.7. The SMILES string of the molecule is CCN(CC)CCn1cc(NC(=O)c2cc(S(=O)(=O)N3CCSCC3)c[nH]2)cn1. The molecule has 2 aromatic rings. The number of thioether (sulfide) groups is 1. The highest BCUT2D eigenvalue weighted by atomic mass is 32.2. The number of rotatable bonds is 9. The Balaban J connectivity index is 1.61. The van der Waals surface area contributed by atoms with Crippen molar-refractivity contribution in [2.75, 3.05) is 49.5 Å². The summed E-state index contributed by atoms with van der Waals surface area (Å²) < 4.78 is 28.7. The van der Waals surface area contributed by atoms with Crippen molar-refractivity contribution >= 4 is 33.4 Å². The topological polar surface area (TPSA) is 103 Å². The molecular formula is C18H28N6O3S2. The number of aromatic amines is 1. The molecule has 2 N–H and O–H groups in total. The lowest BCUT2D eigenvalue weighted by atomic mass is 10.4. The average Bonchev–Trinajstić information content (AvgIpc) is 3.40. The van der Waals surface area contributed by atoms with Gasteiger partial charge in [0.1, 0.15) is 10.6 Å². The molecule has 1 amide bonds. The van der Waals surface area contributed by atoms with Crippen molar-refractivity contribution in [2.45, 2.75) is 25.3 Å². The summed E-state index contributed by atoms with van der Waals surface area (Å²) in [6, 6.07) is 1.39. The van der Waals surface area contributed by atoms with Crippen molar-refractivity contribution in [1.29, 1.82) is 0 Å². The molecule has 2 aromatic heterocycles. The van der Waals surface area contributed by atoms with Gasteiger partial charge in [0.15, 0.2) is 0 Å². The van der Waals surface area contributed by atoms with Gasteiger partial charge in [0.2, 0.25) is 10.0 Å². The quantitative estimate of drug-likeness (QED) is 0.613. The largest absolute Gasteiger partial charge is 0.356 e. The summed E-state index contributed by atoms with van der Waals surface area (Å²) in [5.74, 6) is 1.17. The standard InChI is InChI=1S/C18H28N6O3S2/c1-3-22(4-2)5-6-23-14-15(12-20-23)21-18(25)17-11-16(13-19-17)29(26,27)24-7-9-28-10-8-24/h11-14,19H,3-10H2,1-2H3,(H,21,25). The van der Waals surface area contributed by atoms with E-state index in [4.69, 9.17) is 0 Å². The molecule has 3 heterocycles. The molecule has 1 aliphatic rings. The minimum absolute atomic E-state index is 0.115. The number of carbonyl (C=O) groups is 1. The van der Waals surface area contributed by atoms with Gasteiger partial charge in [-0.15, -0.1) is 0 Å². The maximum atomic E-state index is 12.7. The highest BCUT2D eigenvalue weighted by molar-refractivity contribution is 7.99. The van der Waals surface area contributed by atoms with Gasteiger partial charge in [-0.1, -0.05) is 13.8 Å². The number of aromatic nitrogens is 3. The van der Waals surface area contributed by atoms with Crippen molar-refractivity contribution in [1.82, 2.24) is 24.0 Å². The lowest BCUT2D eigenvalue weighted by molar-refractivity contribution is 0.102. The van der Waals surface area contributed by atoms with Gasteiger partial charge in [-0.25, -0.2) is 8.42 Å². The van der Waals surface area contributed by atoms with E-state index in [9.17, 15) is 13.2 Å². The first-order valence-electron chi connectivity index (χ1n) is 9.76. The van der Waals surface area contributed by atoms with Crippen molar-refractivity contribution in [3.63, 3.8) is 0 Å². The predicted octanol–water partition coefficient (Wildman–Crippen LogP) is 1.54. The minimum Gasteiger partial charge on any atom is -0.356 e. The van der Waals surface area contributed by atoms with Gasteiger partial charge in [-0.3, -0.25) is 9.48 Å². The molecule has 1 fully saturated rings. The highest BCUT2D eigenvalue weighted by Crippen LogP contribution is 2.21. The maximum absolute atomic E-state index is 12.7. The summed E-state index contributed by atoms with van der Waals surface area (Å²) in [7, 11) is -3.58. The highest BCUT2D eigenvalue weighted by Gasteiger charge is 2.27. The predicted molar refractivity (Wildman–Crippen MR) is 115 cm³/mol. The second-order valence-electron chi connectivity index (χ2n) is 6.74. The summed E-state index contributed by atoms with van der Waals surface area (Å²) in [6.07, 6.45) is 4.74. The molecule has 0 radical (unpaired) electrons. The zero-order chi connectivity index (χ0) is 20.9. The van der Waals surface area contributed by atoms with Gasteiger partial charge in [0.25, 0.3) is 5.91 Å². The molecule has 0 unspecified atom stereocenters. The van der Waals surface area contributed by atoms with Crippen LogP contribution in [0.5, 0.6) is 0 Å². The monoisotopic (exact) mass is 440 g/mol. The number of sulfonamides is 1. The Bertz CT molecular complexity index is 914. The number of anilines is 1. The molecule has 9 nitrogen and oxygen atoms in total. The van der Waals surface area contributed by atoms with Crippen LogP contribution in [-0.4, -0.2) is 82.5 Å². The summed E-state index contributed by atoms with van der Waals surface area (Å²) in [4.78, 5) is 17.7.